The molecule has 0 nitrogen and oxygen atoms in total. The molecule has 6 aromatic carbocycles. The number of hydrogen-bond acceptors (Lipinski definition) is 0. The molecule has 2 fully saturated rings. The van der Waals surface area contributed by atoms with Crippen molar-refractivity contribution in [1.29, 1.82) is 0 Å². The topological polar surface area (TPSA) is 0 Å². The SMILES string of the molecule is Cl[C]1[C+][CH][CH][CH]1.F[B-](F)(F)F.[Au].[Au].[CH]1[CH][CH][CH][CH]1.[Fe].c1ccc(P(c2ccccc2)c2ccccc2)cc1.c1ccc(P(c2ccccc2)c2ccccc2)cc1. The molecule has 2 saturated carbocycles. The van der Waals surface area contributed by atoms with Gasteiger partial charge in [-0.15, -0.1) is 0 Å². The normalized spacial score (nSPS) is 12.8. The summed E-state index contributed by atoms with van der Waals surface area (Å²) in [6, 6.07) is 64.7. The van der Waals surface area contributed by atoms with E-state index in [4.69, 9.17) is 11.6 Å². The molecule has 2 aliphatic carbocycles. The zero-order valence-corrected chi connectivity index (χ0v) is 38.2. The molecular weight excluding hydrogens is 1190 g/mol. The van der Waals surface area contributed by atoms with Gasteiger partial charge in [-0.3, -0.25) is 0 Å². The summed E-state index contributed by atoms with van der Waals surface area (Å²) in [6.07, 6.45) is 18.2. The molecule has 8 rings (SSSR count). The van der Waals surface area contributed by atoms with Gasteiger partial charge in [-0.05, 0) is 79.8 Å². The maximum Gasteiger partial charge on any atom is 0.673 e. The fourth-order valence-electron chi connectivity index (χ4n) is 4.99. The van der Waals surface area contributed by atoms with E-state index in [0.29, 0.717) is 5.38 Å². The van der Waals surface area contributed by atoms with Gasteiger partial charge in [0.05, 0.1) is 0 Å². The van der Waals surface area contributed by atoms with Gasteiger partial charge in [0.2, 0.25) is 0 Å². The van der Waals surface area contributed by atoms with E-state index >= 15 is 0 Å². The second-order valence-corrected chi connectivity index (χ2v) is 16.0. The van der Waals surface area contributed by atoms with Crippen molar-refractivity contribution >= 4 is 66.5 Å². The van der Waals surface area contributed by atoms with Gasteiger partial charge < -0.3 is 17.3 Å². The molecular formula is C46H38Au2BClF4FeP2. The summed E-state index contributed by atoms with van der Waals surface area (Å²) in [7, 11) is -6.89. The Bertz CT molecular complexity index is 1490. The minimum Gasteiger partial charge on any atom is -0.418 e. The van der Waals surface area contributed by atoms with Crippen LogP contribution in [0.25, 0.3) is 0 Å². The molecule has 0 N–H and O–H groups in total. The summed E-state index contributed by atoms with van der Waals surface area (Å²) < 4.78 is 39.0. The van der Waals surface area contributed by atoms with Gasteiger partial charge in [0.1, 0.15) is 0 Å². The maximum atomic E-state index is 9.75. The Morgan fingerprint density at radius 3 is 0.684 bits per heavy atom. The van der Waals surface area contributed by atoms with Crippen LogP contribution in [0.5, 0.6) is 0 Å². The van der Waals surface area contributed by atoms with Gasteiger partial charge >= 0.3 is 13.7 Å². The molecule has 0 unspecified atom stereocenters. The molecule has 0 heterocycles. The number of halogens is 5. The van der Waals surface area contributed by atoms with Crippen LogP contribution in [0.15, 0.2) is 182 Å². The van der Waals surface area contributed by atoms with Crippen LogP contribution in [0, 0.1) is 63.2 Å². The second-order valence-electron chi connectivity index (χ2n) is 11.2. The first kappa shape index (κ1) is 53.1. The summed E-state index contributed by atoms with van der Waals surface area (Å²) in [5, 5.41) is 9.08. The Labute approximate surface area is 387 Å². The van der Waals surface area contributed by atoms with Gasteiger partial charge in [0.15, 0.2) is 6.42 Å². The van der Waals surface area contributed by atoms with Crippen LogP contribution in [-0.4, -0.2) is 7.25 Å². The fourth-order valence-corrected chi connectivity index (χ4v) is 9.73. The molecule has 2 aliphatic rings. The Balaban J connectivity index is 0.000000398. The molecule has 12 radical (unpaired) electrons. The third kappa shape index (κ3) is 21.8. The molecule has 11 heteroatoms. The van der Waals surface area contributed by atoms with Crippen LogP contribution in [0.2, 0.25) is 0 Å². The predicted octanol–water partition coefficient (Wildman–Crippen LogP) is 10.7. The minimum absolute atomic E-state index is 0. The number of hydrogen-bond donors (Lipinski definition) is 0. The summed E-state index contributed by atoms with van der Waals surface area (Å²) >= 11 is 5.40. The van der Waals surface area contributed by atoms with Crippen molar-refractivity contribution in [2.75, 3.05) is 0 Å². The van der Waals surface area contributed by atoms with Crippen LogP contribution in [0.3, 0.4) is 0 Å². The van der Waals surface area contributed by atoms with Crippen LogP contribution < -0.4 is 31.8 Å². The van der Waals surface area contributed by atoms with Gasteiger partial charge in [0, 0.05) is 74.7 Å². The van der Waals surface area contributed by atoms with Crippen molar-refractivity contribution in [3.05, 3.63) is 245 Å². The molecule has 0 aromatic heterocycles. The Hall–Kier alpha value is -1.88. The predicted molar refractivity (Wildman–Crippen MR) is 227 cm³/mol. The zero-order chi connectivity index (χ0) is 38.3. The smallest absolute Gasteiger partial charge is 0.418 e. The summed E-state index contributed by atoms with van der Waals surface area (Å²) in [6.45, 7) is 0. The van der Waals surface area contributed by atoms with Gasteiger partial charge in [-0.25, -0.2) is 0 Å². The van der Waals surface area contributed by atoms with E-state index in [1.54, 1.807) is 12.8 Å². The average Bonchev–Trinajstić information content (AvgIpc) is 3.96. The van der Waals surface area contributed by atoms with E-state index in [-0.39, 0.29) is 61.8 Å². The van der Waals surface area contributed by atoms with Crippen molar-refractivity contribution in [2.24, 2.45) is 0 Å². The second kappa shape index (κ2) is 31.1. The van der Waals surface area contributed by atoms with Gasteiger partial charge in [-0.2, -0.15) is 0 Å². The van der Waals surface area contributed by atoms with Crippen LogP contribution >= 0.6 is 27.4 Å². The fraction of sp³-hybridized carbons (Fsp3) is 0. The zero-order valence-electron chi connectivity index (χ0n) is 30.3. The van der Waals surface area contributed by atoms with E-state index in [1.807, 2.05) is 38.5 Å². The van der Waals surface area contributed by atoms with Crippen LogP contribution in [-0.2, 0) is 61.8 Å². The van der Waals surface area contributed by atoms with Crippen molar-refractivity contribution < 1.29 is 79.1 Å². The Morgan fingerprint density at radius 1 is 0.368 bits per heavy atom. The molecule has 57 heavy (non-hydrogen) atoms. The number of rotatable bonds is 6. The van der Waals surface area contributed by atoms with E-state index in [0.717, 1.165) is 0 Å². The Morgan fingerprint density at radius 2 is 0.561 bits per heavy atom. The first-order valence-corrected chi connectivity index (χ1v) is 20.1. The standard InChI is InChI=1S/2C18H15P.C5H3Cl.C5H5.2Au.BF4.Fe/c2*1-4-10-16(11-5-1)19(17-12-6-2-7-13-17)18-14-8-3-9-15-18;6-5-3-1-2-4-5;1-2-4-5-3-1;;;2-1(3,4)5;/h2*1-15H;1-3H;1-5H;;;;/q;;+1;;;;-1;. The molecule has 0 spiro atoms. The van der Waals surface area contributed by atoms with Crippen molar-refractivity contribution in [1.82, 2.24) is 0 Å². The third-order valence-corrected chi connectivity index (χ3v) is 12.3. The summed E-state index contributed by atoms with van der Waals surface area (Å²) in [4.78, 5) is 0. The van der Waals surface area contributed by atoms with Crippen molar-refractivity contribution in [3.63, 3.8) is 0 Å². The average molecular weight is 1220 g/mol. The van der Waals surface area contributed by atoms with Gasteiger partial charge in [0.25, 0.3) is 5.38 Å². The molecule has 300 valence electrons. The summed E-state index contributed by atoms with van der Waals surface area (Å²) in [5.74, 6) is 0. The monoisotopic (exact) mass is 1220 g/mol. The molecule has 0 amide bonds. The van der Waals surface area contributed by atoms with Crippen LogP contribution in [0.4, 0.5) is 17.3 Å². The number of benzene rings is 6. The van der Waals surface area contributed by atoms with E-state index < -0.39 is 23.1 Å². The first-order chi connectivity index (χ1) is 26.3. The third-order valence-electron chi connectivity index (χ3n) is 7.20. The van der Waals surface area contributed by atoms with E-state index in [1.165, 1.54) is 31.8 Å². The molecule has 6 aromatic rings. The van der Waals surface area contributed by atoms with E-state index in [9.17, 15) is 17.3 Å². The molecule has 0 saturated heterocycles. The maximum absolute atomic E-state index is 9.75. The van der Waals surface area contributed by atoms with Crippen molar-refractivity contribution in [3.8, 4) is 0 Å². The summed E-state index contributed by atoms with van der Waals surface area (Å²) in [5.41, 5.74) is 0. The van der Waals surface area contributed by atoms with Crippen LogP contribution in [0.1, 0.15) is 0 Å². The quantitative estimate of drug-likeness (QED) is 0.0675. The van der Waals surface area contributed by atoms with Crippen molar-refractivity contribution in [2.45, 2.75) is 0 Å². The molecule has 0 aliphatic heterocycles. The minimum atomic E-state index is -6.00. The Kier molecular flexibility index (Phi) is 29.0. The van der Waals surface area contributed by atoms with Gasteiger partial charge in [-0.1, -0.05) is 194 Å². The molecule has 0 bridgehead atoms. The first-order valence-electron chi connectivity index (χ1n) is 17.0. The largest absolute Gasteiger partial charge is 0.673 e. The van der Waals surface area contributed by atoms with E-state index in [2.05, 4.69) is 188 Å². The molecule has 0 atom stereocenters.